The van der Waals surface area contributed by atoms with Crippen molar-refractivity contribution in [3.63, 3.8) is 0 Å². The van der Waals surface area contributed by atoms with Gasteiger partial charge in [0, 0.05) is 12.2 Å². The van der Waals surface area contributed by atoms with E-state index in [4.69, 9.17) is 0 Å². The molecule has 2 heterocycles. The summed E-state index contributed by atoms with van der Waals surface area (Å²) in [5.41, 5.74) is -0.216. The highest BCUT2D eigenvalue weighted by Gasteiger charge is 2.35. The number of hydrogen-bond donors (Lipinski definition) is 0. The van der Waals surface area contributed by atoms with Crippen molar-refractivity contribution in [3.05, 3.63) is 17.5 Å². The largest absolute Gasteiger partial charge is 0.435 e. The Morgan fingerprint density at radius 3 is 2.56 bits per heavy atom. The first-order valence-electron chi connectivity index (χ1n) is 5.20. The van der Waals surface area contributed by atoms with E-state index in [1.807, 2.05) is 7.05 Å². The van der Waals surface area contributed by atoms with Crippen molar-refractivity contribution in [3.8, 4) is 0 Å². The van der Waals surface area contributed by atoms with Crippen LogP contribution in [-0.2, 0) is 6.18 Å². The molecule has 0 spiro atoms. The van der Waals surface area contributed by atoms with Gasteiger partial charge in [0.05, 0.1) is 6.04 Å². The number of alkyl halides is 3. The molecule has 3 nitrogen and oxygen atoms in total. The van der Waals surface area contributed by atoms with Crippen LogP contribution in [0.5, 0.6) is 0 Å². The Kier molecular flexibility index (Phi) is 2.69. The Balaban J connectivity index is 2.25. The molecule has 0 radical (unpaired) electrons. The Morgan fingerprint density at radius 2 is 2.12 bits per heavy atom. The highest BCUT2D eigenvalue weighted by atomic mass is 19.4. The molecule has 0 aromatic carbocycles. The predicted octanol–water partition coefficient (Wildman–Crippen LogP) is 2.09. The molecule has 1 aromatic heterocycles. The standard InChI is InChI=1S/C10H14F3N3/c1-7-5-9(10(11,12)13)14-16(7)8-3-4-15(2)6-8/h5,8H,3-4,6H2,1-2H3. The first kappa shape index (κ1) is 11.4. The summed E-state index contributed by atoms with van der Waals surface area (Å²) in [6, 6.07) is 1.18. The van der Waals surface area contributed by atoms with Crippen molar-refractivity contribution in [2.24, 2.45) is 0 Å². The summed E-state index contributed by atoms with van der Waals surface area (Å²) in [4.78, 5) is 2.10. The molecule has 0 saturated carbocycles. The third kappa shape index (κ3) is 2.07. The van der Waals surface area contributed by atoms with Crippen LogP contribution >= 0.6 is 0 Å². The van der Waals surface area contributed by atoms with Crippen molar-refractivity contribution in [1.82, 2.24) is 14.7 Å². The van der Waals surface area contributed by atoms with E-state index in [1.165, 1.54) is 4.68 Å². The average molecular weight is 233 g/mol. The van der Waals surface area contributed by atoms with Crippen LogP contribution in [0.2, 0.25) is 0 Å². The number of aromatic nitrogens is 2. The monoisotopic (exact) mass is 233 g/mol. The fourth-order valence-electron chi connectivity index (χ4n) is 2.11. The van der Waals surface area contributed by atoms with Gasteiger partial charge in [0.25, 0.3) is 0 Å². The van der Waals surface area contributed by atoms with E-state index in [0.29, 0.717) is 5.69 Å². The van der Waals surface area contributed by atoms with E-state index in [2.05, 4.69) is 10.00 Å². The highest BCUT2D eigenvalue weighted by Crippen LogP contribution is 2.30. The van der Waals surface area contributed by atoms with Gasteiger partial charge in [0.15, 0.2) is 5.69 Å². The van der Waals surface area contributed by atoms with Crippen LogP contribution in [0.25, 0.3) is 0 Å². The summed E-state index contributed by atoms with van der Waals surface area (Å²) >= 11 is 0. The third-order valence-corrected chi connectivity index (χ3v) is 2.93. The van der Waals surface area contributed by atoms with E-state index in [1.54, 1.807) is 6.92 Å². The Morgan fingerprint density at radius 1 is 1.44 bits per heavy atom. The fraction of sp³-hybridized carbons (Fsp3) is 0.700. The van der Waals surface area contributed by atoms with Crippen molar-refractivity contribution in [2.45, 2.75) is 25.6 Å². The van der Waals surface area contributed by atoms with E-state index < -0.39 is 11.9 Å². The number of likely N-dealkylation sites (tertiary alicyclic amines) is 1. The minimum atomic E-state index is -4.35. The lowest BCUT2D eigenvalue weighted by atomic mass is 10.2. The Bertz CT molecular complexity index is 383. The molecule has 90 valence electrons. The Labute approximate surface area is 91.8 Å². The van der Waals surface area contributed by atoms with Crippen molar-refractivity contribution in [1.29, 1.82) is 0 Å². The van der Waals surface area contributed by atoms with Crippen LogP contribution in [0.15, 0.2) is 6.07 Å². The van der Waals surface area contributed by atoms with E-state index in [-0.39, 0.29) is 6.04 Å². The summed E-state index contributed by atoms with van der Waals surface area (Å²) in [6.45, 7) is 3.34. The van der Waals surface area contributed by atoms with Gasteiger partial charge in [-0.2, -0.15) is 18.3 Å². The molecule has 0 bridgehead atoms. The number of halogens is 3. The minimum Gasteiger partial charge on any atom is -0.304 e. The van der Waals surface area contributed by atoms with Gasteiger partial charge >= 0.3 is 6.18 Å². The molecule has 6 heteroatoms. The van der Waals surface area contributed by atoms with E-state index in [9.17, 15) is 13.2 Å². The van der Waals surface area contributed by atoms with Crippen LogP contribution in [-0.4, -0.2) is 34.8 Å². The average Bonchev–Trinajstić information content (AvgIpc) is 2.70. The molecule has 16 heavy (non-hydrogen) atoms. The van der Waals surface area contributed by atoms with Gasteiger partial charge in [-0.1, -0.05) is 0 Å². The smallest absolute Gasteiger partial charge is 0.304 e. The topological polar surface area (TPSA) is 21.1 Å². The second-order valence-electron chi connectivity index (χ2n) is 4.32. The normalized spacial score (nSPS) is 22.9. The SMILES string of the molecule is Cc1cc(C(F)(F)F)nn1C1CCN(C)C1. The lowest BCUT2D eigenvalue weighted by Gasteiger charge is -2.13. The molecule has 1 fully saturated rings. The number of aryl methyl sites for hydroxylation is 1. The zero-order chi connectivity index (χ0) is 11.9. The molecular formula is C10H14F3N3. The van der Waals surface area contributed by atoms with Gasteiger partial charge in [0.2, 0.25) is 0 Å². The van der Waals surface area contributed by atoms with Crippen molar-refractivity contribution < 1.29 is 13.2 Å². The van der Waals surface area contributed by atoms with Crippen LogP contribution in [0, 0.1) is 6.92 Å². The number of rotatable bonds is 1. The summed E-state index contributed by atoms with van der Waals surface area (Å²) in [6.07, 6.45) is -3.49. The molecule has 0 N–H and O–H groups in total. The predicted molar refractivity (Wildman–Crippen MR) is 53.1 cm³/mol. The molecule has 1 saturated heterocycles. The van der Waals surface area contributed by atoms with Gasteiger partial charge in [-0.05, 0) is 33.0 Å². The third-order valence-electron chi connectivity index (χ3n) is 2.93. The second kappa shape index (κ2) is 3.76. The lowest BCUT2D eigenvalue weighted by Crippen LogP contribution is -2.18. The van der Waals surface area contributed by atoms with Crippen LogP contribution in [0.1, 0.15) is 23.9 Å². The van der Waals surface area contributed by atoms with Crippen LogP contribution in [0.4, 0.5) is 13.2 Å². The van der Waals surface area contributed by atoms with Crippen LogP contribution in [0.3, 0.4) is 0 Å². The quantitative estimate of drug-likeness (QED) is 0.740. The minimum absolute atomic E-state index is 0.0705. The number of likely N-dealkylation sites (N-methyl/N-ethyl adjacent to an activating group) is 1. The first-order chi connectivity index (χ1) is 7.38. The first-order valence-corrected chi connectivity index (χ1v) is 5.20. The second-order valence-corrected chi connectivity index (χ2v) is 4.32. The lowest BCUT2D eigenvalue weighted by molar-refractivity contribution is -0.141. The Hall–Kier alpha value is -1.04. The van der Waals surface area contributed by atoms with E-state index in [0.717, 1.165) is 25.6 Å². The zero-order valence-electron chi connectivity index (χ0n) is 9.25. The summed E-state index contributed by atoms with van der Waals surface area (Å²) in [5, 5.41) is 3.66. The molecule has 2 rings (SSSR count). The van der Waals surface area contributed by atoms with E-state index >= 15 is 0 Å². The van der Waals surface area contributed by atoms with Gasteiger partial charge in [-0.25, -0.2) is 0 Å². The summed E-state index contributed by atoms with van der Waals surface area (Å²) < 4.78 is 38.9. The molecular weight excluding hydrogens is 219 g/mol. The summed E-state index contributed by atoms with van der Waals surface area (Å²) in [7, 11) is 1.96. The van der Waals surface area contributed by atoms with Gasteiger partial charge in [0.1, 0.15) is 0 Å². The van der Waals surface area contributed by atoms with Crippen molar-refractivity contribution >= 4 is 0 Å². The maximum absolute atomic E-state index is 12.5. The number of nitrogens with zero attached hydrogens (tertiary/aromatic N) is 3. The van der Waals surface area contributed by atoms with Gasteiger partial charge in [-0.15, -0.1) is 0 Å². The molecule has 1 aromatic rings. The fourth-order valence-corrected chi connectivity index (χ4v) is 2.11. The molecule has 1 unspecified atom stereocenters. The molecule has 1 aliphatic rings. The zero-order valence-corrected chi connectivity index (χ0v) is 9.25. The maximum Gasteiger partial charge on any atom is 0.435 e. The molecule has 0 amide bonds. The summed E-state index contributed by atoms with van der Waals surface area (Å²) in [5.74, 6) is 0. The van der Waals surface area contributed by atoms with Crippen LogP contribution < -0.4 is 0 Å². The molecule has 1 atom stereocenters. The maximum atomic E-state index is 12.5. The van der Waals surface area contributed by atoms with Crippen molar-refractivity contribution in [2.75, 3.05) is 20.1 Å². The molecule has 0 aliphatic carbocycles. The van der Waals surface area contributed by atoms with Gasteiger partial charge < -0.3 is 4.90 Å². The van der Waals surface area contributed by atoms with Gasteiger partial charge in [-0.3, -0.25) is 4.68 Å². The highest BCUT2D eigenvalue weighted by molar-refractivity contribution is 5.13. The molecule has 1 aliphatic heterocycles. The number of hydrogen-bond acceptors (Lipinski definition) is 2.